The normalized spacial score (nSPS) is 10.2. The van der Waals surface area contributed by atoms with Crippen LogP contribution in [0.3, 0.4) is 0 Å². The SMILES string of the molecule is Nc1ccc(-c2c(N)n[nH]c2C(=O)O)cc1. The van der Waals surface area contributed by atoms with Gasteiger partial charge in [-0.2, -0.15) is 5.10 Å². The van der Waals surface area contributed by atoms with Crippen LogP contribution in [0.15, 0.2) is 24.3 Å². The van der Waals surface area contributed by atoms with Gasteiger partial charge in [0, 0.05) is 5.69 Å². The van der Waals surface area contributed by atoms with E-state index in [4.69, 9.17) is 16.6 Å². The van der Waals surface area contributed by atoms with Crippen LogP contribution in [0, 0.1) is 0 Å². The van der Waals surface area contributed by atoms with E-state index < -0.39 is 5.97 Å². The summed E-state index contributed by atoms with van der Waals surface area (Å²) in [4.78, 5) is 10.9. The van der Waals surface area contributed by atoms with Crippen molar-refractivity contribution in [2.24, 2.45) is 0 Å². The minimum Gasteiger partial charge on any atom is -0.477 e. The highest BCUT2D eigenvalue weighted by Crippen LogP contribution is 2.28. The number of aromatic amines is 1. The van der Waals surface area contributed by atoms with Crippen LogP contribution in [0.1, 0.15) is 10.5 Å². The van der Waals surface area contributed by atoms with Crippen molar-refractivity contribution in [3.63, 3.8) is 0 Å². The van der Waals surface area contributed by atoms with E-state index in [2.05, 4.69) is 10.2 Å². The molecule has 0 fully saturated rings. The summed E-state index contributed by atoms with van der Waals surface area (Å²) in [5.74, 6) is -0.946. The van der Waals surface area contributed by atoms with Crippen molar-refractivity contribution in [1.82, 2.24) is 10.2 Å². The molecular weight excluding hydrogens is 208 g/mol. The predicted molar refractivity (Wildman–Crippen MR) is 59.8 cm³/mol. The molecule has 0 bridgehead atoms. The molecule has 6 nitrogen and oxygen atoms in total. The van der Waals surface area contributed by atoms with Gasteiger partial charge in [-0.25, -0.2) is 4.79 Å². The average molecular weight is 218 g/mol. The quantitative estimate of drug-likeness (QED) is 0.559. The molecule has 6 heteroatoms. The number of carboxylic acid groups (broad SMARTS) is 1. The topological polar surface area (TPSA) is 118 Å². The molecule has 0 aliphatic rings. The van der Waals surface area contributed by atoms with E-state index in [-0.39, 0.29) is 11.5 Å². The Hall–Kier alpha value is -2.50. The molecule has 0 saturated heterocycles. The lowest BCUT2D eigenvalue weighted by atomic mass is 10.1. The van der Waals surface area contributed by atoms with Gasteiger partial charge in [-0.05, 0) is 17.7 Å². The summed E-state index contributed by atoms with van der Waals surface area (Å²) in [6.45, 7) is 0. The van der Waals surface area contributed by atoms with E-state index in [1.54, 1.807) is 24.3 Å². The molecular formula is C10H10N4O2. The number of aromatic nitrogens is 2. The number of rotatable bonds is 2. The predicted octanol–water partition coefficient (Wildman–Crippen LogP) is 0.939. The van der Waals surface area contributed by atoms with Gasteiger partial charge in [-0.15, -0.1) is 0 Å². The Labute approximate surface area is 90.9 Å². The van der Waals surface area contributed by atoms with Gasteiger partial charge in [-0.3, -0.25) is 5.10 Å². The van der Waals surface area contributed by atoms with Crippen molar-refractivity contribution in [2.75, 3.05) is 11.5 Å². The number of hydrogen-bond donors (Lipinski definition) is 4. The Bertz CT molecular complexity index is 530. The van der Waals surface area contributed by atoms with Gasteiger partial charge in [0.2, 0.25) is 0 Å². The maximum absolute atomic E-state index is 10.9. The van der Waals surface area contributed by atoms with E-state index in [0.29, 0.717) is 16.8 Å². The van der Waals surface area contributed by atoms with Gasteiger partial charge >= 0.3 is 5.97 Å². The van der Waals surface area contributed by atoms with Crippen molar-refractivity contribution in [2.45, 2.75) is 0 Å². The van der Waals surface area contributed by atoms with Crippen LogP contribution < -0.4 is 11.5 Å². The summed E-state index contributed by atoms with van der Waals surface area (Å²) in [5.41, 5.74) is 12.8. The number of nitrogens with two attached hydrogens (primary N) is 2. The zero-order chi connectivity index (χ0) is 11.7. The van der Waals surface area contributed by atoms with Crippen molar-refractivity contribution in [1.29, 1.82) is 0 Å². The largest absolute Gasteiger partial charge is 0.477 e. The Morgan fingerprint density at radius 2 is 1.88 bits per heavy atom. The number of aromatic carboxylic acids is 1. The van der Waals surface area contributed by atoms with Crippen molar-refractivity contribution >= 4 is 17.5 Å². The summed E-state index contributed by atoms with van der Waals surface area (Å²) in [6, 6.07) is 6.74. The fraction of sp³-hybridized carbons (Fsp3) is 0. The molecule has 0 aliphatic carbocycles. The van der Waals surface area contributed by atoms with E-state index in [9.17, 15) is 4.79 Å². The highest BCUT2D eigenvalue weighted by molar-refractivity contribution is 5.97. The number of nitrogens with zero attached hydrogens (tertiary/aromatic N) is 1. The molecule has 1 heterocycles. The van der Waals surface area contributed by atoms with Crippen molar-refractivity contribution in [3.8, 4) is 11.1 Å². The highest BCUT2D eigenvalue weighted by atomic mass is 16.4. The monoisotopic (exact) mass is 218 g/mol. The number of nitrogens with one attached hydrogen (secondary N) is 1. The molecule has 1 aromatic carbocycles. The summed E-state index contributed by atoms with van der Waals surface area (Å²) >= 11 is 0. The zero-order valence-corrected chi connectivity index (χ0v) is 8.27. The van der Waals surface area contributed by atoms with E-state index in [1.807, 2.05) is 0 Å². The number of anilines is 2. The summed E-state index contributed by atoms with van der Waals surface area (Å²) in [6.07, 6.45) is 0. The van der Waals surface area contributed by atoms with Crippen molar-refractivity contribution < 1.29 is 9.90 Å². The van der Waals surface area contributed by atoms with E-state index >= 15 is 0 Å². The first-order valence-corrected chi connectivity index (χ1v) is 4.52. The van der Waals surface area contributed by atoms with Crippen molar-refractivity contribution in [3.05, 3.63) is 30.0 Å². The number of hydrogen-bond acceptors (Lipinski definition) is 4. The van der Waals surface area contributed by atoms with Gasteiger partial charge in [0.15, 0.2) is 11.5 Å². The van der Waals surface area contributed by atoms with Crippen LogP contribution >= 0.6 is 0 Å². The van der Waals surface area contributed by atoms with Gasteiger partial charge in [-0.1, -0.05) is 12.1 Å². The minimum absolute atomic E-state index is 0.0257. The third-order valence-corrected chi connectivity index (χ3v) is 2.21. The van der Waals surface area contributed by atoms with Crippen LogP contribution in [0.4, 0.5) is 11.5 Å². The number of H-pyrrole nitrogens is 1. The lowest BCUT2D eigenvalue weighted by Crippen LogP contribution is -1.99. The molecule has 0 amide bonds. The van der Waals surface area contributed by atoms with Crippen LogP contribution in [-0.2, 0) is 0 Å². The first-order chi connectivity index (χ1) is 7.59. The molecule has 0 aliphatic heterocycles. The van der Waals surface area contributed by atoms with Crippen LogP contribution in [0.2, 0.25) is 0 Å². The Balaban J connectivity index is 2.58. The summed E-state index contributed by atoms with van der Waals surface area (Å²) in [7, 11) is 0. The fourth-order valence-electron chi connectivity index (χ4n) is 1.45. The second-order valence-electron chi connectivity index (χ2n) is 3.29. The highest BCUT2D eigenvalue weighted by Gasteiger charge is 2.18. The molecule has 82 valence electrons. The second-order valence-corrected chi connectivity index (χ2v) is 3.29. The Morgan fingerprint density at radius 3 is 2.44 bits per heavy atom. The summed E-state index contributed by atoms with van der Waals surface area (Å²) in [5, 5.41) is 15.0. The second kappa shape index (κ2) is 3.58. The lowest BCUT2D eigenvalue weighted by molar-refractivity contribution is 0.0691. The fourth-order valence-corrected chi connectivity index (χ4v) is 1.45. The maximum atomic E-state index is 10.9. The molecule has 0 saturated carbocycles. The number of benzene rings is 1. The minimum atomic E-state index is -1.10. The van der Waals surface area contributed by atoms with Gasteiger partial charge in [0.25, 0.3) is 0 Å². The summed E-state index contributed by atoms with van der Waals surface area (Å²) < 4.78 is 0. The lowest BCUT2D eigenvalue weighted by Gasteiger charge is -2.01. The Kier molecular flexibility index (Phi) is 2.24. The third-order valence-electron chi connectivity index (χ3n) is 2.21. The van der Waals surface area contributed by atoms with Gasteiger partial charge < -0.3 is 16.6 Å². The molecule has 0 spiro atoms. The zero-order valence-electron chi connectivity index (χ0n) is 8.27. The van der Waals surface area contributed by atoms with E-state index in [0.717, 1.165) is 0 Å². The number of carbonyl (C=O) groups is 1. The molecule has 0 radical (unpaired) electrons. The average Bonchev–Trinajstić information content (AvgIpc) is 2.62. The van der Waals surface area contributed by atoms with E-state index in [1.165, 1.54) is 0 Å². The molecule has 2 rings (SSSR count). The molecule has 2 aromatic rings. The standard InChI is InChI=1S/C10H10N4O2/c11-6-3-1-5(2-4-6)7-8(10(15)16)13-14-9(7)12/h1-4H,11H2,(H,15,16)(H3,12,13,14). The number of carboxylic acids is 1. The van der Waals surface area contributed by atoms with Crippen LogP contribution in [0.25, 0.3) is 11.1 Å². The first kappa shape index (κ1) is 10.0. The van der Waals surface area contributed by atoms with Gasteiger partial charge in [0.1, 0.15) is 0 Å². The smallest absolute Gasteiger partial charge is 0.354 e. The molecule has 16 heavy (non-hydrogen) atoms. The maximum Gasteiger partial charge on any atom is 0.354 e. The number of nitrogen functional groups attached to an aromatic ring is 2. The molecule has 0 atom stereocenters. The molecule has 0 unspecified atom stereocenters. The van der Waals surface area contributed by atoms with Gasteiger partial charge in [0.05, 0.1) is 5.56 Å². The first-order valence-electron chi connectivity index (χ1n) is 4.52. The molecule has 6 N–H and O–H groups in total. The van der Waals surface area contributed by atoms with Crippen LogP contribution in [-0.4, -0.2) is 21.3 Å². The van der Waals surface area contributed by atoms with Crippen LogP contribution in [0.5, 0.6) is 0 Å². The molecule has 1 aromatic heterocycles. The third kappa shape index (κ3) is 1.56. The Morgan fingerprint density at radius 1 is 1.25 bits per heavy atom.